The van der Waals surface area contributed by atoms with Gasteiger partial charge in [0.25, 0.3) is 5.91 Å². The first kappa shape index (κ1) is 18.8. The highest BCUT2D eigenvalue weighted by molar-refractivity contribution is 9.10. The van der Waals surface area contributed by atoms with Gasteiger partial charge in [0.2, 0.25) is 0 Å². The molecule has 3 aromatic rings. The molecule has 3 aromatic carbocycles. The van der Waals surface area contributed by atoms with Gasteiger partial charge < -0.3 is 10.5 Å². The zero-order valence-corrected chi connectivity index (χ0v) is 15.8. The maximum atomic E-state index is 13.0. The highest BCUT2D eigenvalue weighted by atomic mass is 79.9. The van der Waals surface area contributed by atoms with E-state index in [4.69, 9.17) is 10.5 Å². The Morgan fingerprint density at radius 2 is 1.85 bits per heavy atom. The van der Waals surface area contributed by atoms with Crippen LogP contribution in [0.15, 0.2) is 76.2 Å². The summed E-state index contributed by atoms with van der Waals surface area (Å²) in [7, 11) is 0. The van der Waals surface area contributed by atoms with Gasteiger partial charge in [-0.3, -0.25) is 9.79 Å². The monoisotopic (exact) mass is 426 g/mol. The Hall–Kier alpha value is -2.99. The third-order valence-electron chi connectivity index (χ3n) is 3.79. The predicted octanol–water partition coefficient (Wildman–Crippen LogP) is 5.02. The maximum absolute atomic E-state index is 13.0. The van der Waals surface area contributed by atoms with Crippen molar-refractivity contribution < 1.29 is 13.9 Å². The number of amides is 1. The molecule has 0 radical (unpaired) electrons. The van der Waals surface area contributed by atoms with E-state index in [1.165, 1.54) is 12.1 Å². The van der Waals surface area contributed by atoms with E-state index < -0.39 is 5.91 Å². The van der Waals surface area contributed by atoms with Crippen LogP contribution in [0, 0.1) is 5.82 Å². The fourth-order valence-electron chi connectivity index (χ4n) is 2.43. The van der Waals surface area contributed by atoms with Crippen molar-refractivity contribution in [3.8, 4) is 5.75 Å². The van der Waals surface area contributed by atoms with E-state index in [0.717, 1.165) is 15.6 Å². The first-order valence-corrected chi connectivity index (χ1v) is 8.92. The fourth-order valence-corrected chi connectivity index (χ4v) is 2.81. The van der Waals surface area contributed by atoms with Crippen LogP contribution in [0.1, 0.15) is 21.5 Å². The summed E-state index contributed by atoms with van der Waals surface area (Å²) >= 11 is 3.43. The molecule has 0 saturated carbocycles. The second-order valence-corrected chi connectivity index (χ2v) is 6.65. The standard InChI is InChI=1S/C21H16BrFN2O2/c22-16-7-10-20(27-13-14-5-8-17(23)9-6-14)15(11-16)12-25-19-4-2-1-3-18(19)21(24)26/h1-12H,13H2,(H2,24,26). The van der Waals surface area contributed by atoms with Crippen LogP contribution >= 0.6 is 15.9 Å². The smallest absolute Gasteiger partial charge is 0.250 e. The molecule has 0 saturated heterocycles. The summed E-state index contributed by atoms with van der Waals surface area (Å²) in [5.41, 5.74) is 7.79. The molecule has 136 valence electrons. The summed E-state index contributed by atoms with van der Waals surface area (Å²) < 4.78 is 19.7. The number of primary amides is 1. The van der Waals surface area contributed by atoms with E-state index in [-0.39, 0.29) is 5.82 Å². The Balaban J connectivity index is 1.84. The Morgan fingerprint density at radius 1 is 1.11 bits per heavy atom. The number of carbonyl (C=O) groups excluding carboxylic acids is 1. The topological polar surface area (TPSA) is 64.7 Å². The normalized spacial score (nSPS) is 10.9. The number of hydrogen-bond acceptors (Lipinski definition) is 3. The molecule has 0 fully saturated rings. The highest BCUT2D eigenvalue weighted by Crippen LogP contribution is 2.25. The summed E-state index contributed by atoms with van der Waals surface area (Å²) in [6.45, 7) is 0.292. The molecule has 0 aromatic heterocycles. The Morgan fingerprint density at radius 3 is 2.59 bits per heavy atom. The van der Waals surface area contributed by atoms with Gasteiger partial charge in [0, 0.05) is 16.3 Å². The van der Waals surface area contributed by atoms with Crippen molar-refractivity contribution in [3.63, 3.8) is 0 Å². The summed E-state index contributed by atoms with van der Waals surface area (Å²) in [6, 6.07) is 18.5. The Kier molecular flexibility index (Phi) is 5.98. The molecule has 27 heavy (non-hydrogen) atoms. The summed E-state index contributed by atoms with van der Waals surface area (Å²) in [5.74, 6) is -0.212. The van der Waals surface area contributed by atoms with Crippen LogP contribution in [-0.2, 0) is 6.61 Å². The van der Waals surface area contributed by atoms with Crippen LogP contribution in [0.4, 0.5) is 10.1 Å². The van der Waals surface area contributed by atoms with Gasteiger partial charge in [0.05, 0.1) is 11.3 Å². The van der Waals surface area contributed by atoms with E-state index in [9.17, 15) is 9.18 Å². The van der Waals surface area contributed by atoms with E-state index in [1.807, 2.05) is 18.2 Å². The number of para-hydroxylation sites is 1. The molecule has 3 rings (SSSR count). The number of nitrogens with zero attached hydrogens (tertiary/aromatic N) is 1. The number of carbonyl (C=O) groups is 1. The highest BCUT2D eigenvalue weighted by Gasteiger charge is 2.07. The van der Waals surface area contributed by atoms with Gasteiger partial charge >= 0.3 is 0 Å². The van der Waals surface area contributed by atoms with Gasteiger partial charge in [-0.2, -0.15) is 0 Å². The second kappa shape index (κ2) is 8.60. The van der Waals surface area contributed by atoms with Crippen LogP contribution in [0.2, 0.25) is 0 Å². The van der Waals surface area contributed by atoms with Crippen LogP contribution in [0.5, 0.6) is 5.75 Å². The first-order chi connectivity index (χ1) is 13.0. The zero-order valence-electron chi connectivity index (χ0n) is 14.2. The number of nitrogens with two attached hydrogens (primary N) is 1. The fraction of sp³-hybridized carbons (Fsp3) is 0.0476. The third kappa shape index (κ3) is 5.01. The molecule has 2 N–H and O–H groups in total. The quantitative estimate of drug-likeness (QED) is 0.562. The number of ether oxygens (including phenoxy) is 1. The minimum atomic E-state index is -0.537. The van der Waals surface area contributed by atoms with E-state index in [0.29, 0.717) is 23.6 Å². The molecule has 0 spiro atoms. The summed E-state index contributed by atoms with van der Waals surface area (Å²) in [6.07, 6.45) is 1.62. The molecule has 0 unspecified atom stereocenters. The van der Waals surface area contributed by atoms with Crippen molar-refractivity contribution in [1.29, 1.82) is 0 Å². The molecule has 0 bridgehead atoms. The summed E-state index contributed by atoms with van der Waals surface area (Å²) in [4.78, 5) is 15.9. The number of hydrogen-bond donors (Lipinski definition) is 1. The third-order valence-corrected chi connectivity index (χ3v) is 4.28. The molecule has 0 heterocycles. The minimum Gasteiger partial charge on any atom is -0.488 e. The molecule has 1 amide bonds. The van der Waals surface area contributed by atoms with Crippen LogP contribution < -0.4 is 10.5 Å². The first-order valence-electron chi connectivity index (χ1n) is 8.12. The van der Waals surface area contributed by atoms with Gasteiger partial charge in [-0.1, -0.05) is 40.2 Å². The Labute approximate surface area is 164 Å². The lowest BCUT2D eigenvalue weighted by Gasteiger charge is -2.10. The van der Waals surface area contributed by atoms with Crippen LogP contribution in [-0.4, -0.2) is 12.1 Å². The minimum absolute atomic E-state index is 0.289. The van der Waals surface area contributed by atoms with Crippen LogP contribution in [0.3, 0.4) is 0 Å². The molecule has 6 heteroatoms. The lowest BCUT2D eigenvalue weighted by molar-refractivity contribution is 0.100. The molecular formula is C21H16BrFN2O2. The number of aliphatic imine (C=N–C) groups is 1. The molecule has 0 atom stereocenters. The largest absolute Gasteiger partial charge is 0.488 e. The lowest BCUT2D eigenvalue weighted by Crippen LogP contribution is -2.10. The number of benzene rings is 3. The SMILES string of the molecule is NC(=O)c1ccccc1N=Cc1cc(Br)ccc1OCc1ccc(F)cc1. The van der Waals surface area contributed by atoms with Crippen molar-refractivity contribution >= 4 is 33.7 Å². The summed E-state index contributed by atoms with van der Waals surface area (Å²) in [5, 5.41) is 0. The maximum Gasteiger partial charge on any atom is 0.250 e. The zero-order chi connectivity index (χ0) is 19.2. The van der Waals surface area contributed by atoms with Crippen molar-refractivity contribution in [2.45, 2.75) is 6.61 Å². The number of rotatable bonds is 6. The second-order valence-electron chi connectivity index (χ2n) is 5.74. The van der Waals surface area contributed by atoms with Gasteiger partial charge in [-0.15, -0.1) is 0 Å². The average molecular weight is 427 g/mol. The van der Waals surface area contributed by atoms with Crippen molar-refractivity contribution in [1.82, 2.24) is 0 Å². The Bertz CT molecular complexity index is 988. The molecule has 0 aliphatic carbocycles. The van der Waals surface area contributed by atoms with Crippen molar-refractivity contribution in [2.75, 3.05) is 0 Å². The van der Waals surface area contributed by atoms with Crippen molar-refractivity contribution in [3.05, 3.63) is 93.7 Å². The average Bonchev–Trinajstić information content (AvgIpc) is 2.67. The predicted molar refractivity (Wildman–Crippen MR) is 107 cm³/mol. The van der Waals surface area contributed by atoms with E-state index in [1.54, 1.807) is 42.6 Å². The van der Waals surface area contributed by atoms with Crippen molar-refractivity contribution in [2.24, 2.45) is 10.7 Å². The van der Waals surface area contributed by atoms with Crippen LogP contribution in [0.25, 0.3) is 0 Å². The van der Waals surface area contributed by atoms with Gasteiger partial charge in [0.15, 0.2) is 0 Å². The molecule has 0 aliphatic heterocycles. The lowest BCUT2D eigenvalue weighted by atomic mass is 10.1. The molecule has 4 nitrogen and oxygen atoms in total. The van der Waals surface area contributed by atoms with Gasteiger partial charge in [-0.05, 0) is 48.0 Å². The number of halogens is 2. The van der Waals surface area contributed by atoms with E-state index >= 15 is 0 Å². The molecular weight excluding hydrogens is 411 g/mol. The molecule has 0 aliphatic rings. The van der Waals surface area contributed by atoms with Gasteiger partial charge in [0.1, 0.15) is 18.2 Å². The van der Waals surface area contributed by atoms with E-state index in [2.05, 4.69) is 20.9 Å². The van der Waals surface area contributed by atoms with Gasteiger partial charge in [-0.25, -0.2) is 4.39 Å².